The molecule has 0 spiro atoms. The first-order chi connectivity index (χ1) is 6.18. The topological polar surface area (TPSA) is 63.3 Å². The monoisotopic (exact) mass is 215 g/mol. The second-order valence-corrected chi connectivity index (χ2v) is 2.99. The fraction of sp³-hybridized carbons (Fsp3) is 0.300. The molecule has 0 aromatic heterocycles. The van der Waals surface area contributed by atoms with E-state index in [1.54, 1.807) is 0 Å². The molecule has 78 valence electrons. The van der Waals surface area contributed by atoms with Crippen LogP contribution in [0.25, 0.3) is 0 Å². The van der Waals surface area contributed by atoms with E-state index >= 15 is 0 Å². The Morgan fingerprint density at radius 3 is 2.71 bits per heavy atom. The summed E-state index contributed by atoms with van der Waals surface area (Å²) in [6, 6.07) is 7.53. The minimum Gasteiger partial charge on any atom is -0.481 e. The van der Waals surface area contributed by atoms with Gasteiger partial charge in [-0.05, 0) is 30.5 Å². The number of aliphatic carboxylic acids is 1. The Morgan fingerprint density at radius 1 is 1.43 bits per heavy atom. The second-order valence-electron chi connectivity index (χ2n) is 2.99. The van der Waals surface area contributed by atoms with E-state index in [0.29, 0.717) is 6.42 Å². The average molecular weight is 216 g/mol. The van der Waals surface area contributed by atoms with Crippen LogP contribution in [0.5, 0.6) is 0 Å². The van der Waals surface area contributed by atoms with Crippen LogP contribution in [0.2, 0.25) is 0 Å². The zero-order valence-corrected chi connectivity index (χ0v) is 8.59. The van der Waals surface area contributed by atoms with Crippen LogP contribution in [0.4, 0.5) is 5.69 Å². The summed E-state index contributed by atoms with van der Waals surface area (Å²) in [5.41, 5.74) is 7.40. The zero-order valence-electron chi connectivity index (χ0n) is 7.77. The van der Waals surface area contributed by atoms with Crippen molar-refractivity contribution in [3.8, 4) is 0 Å². The van der Waals surface area contributed by atoms with Crippen LogP contribution in [0.15, 0.2) is 24.3 Å². The van der Waals surface area contributed by atoms with E-state index in [4.69, 9.17) is 10.8 Å². The number of aryl methyl sites for hydroxylation is 1. The molecular weight excluding hydrogens is 202 g/mol. The summed E-state index contributed by atoms with van der Waals surface area (Å²) in [5.74, 6) is -0.746. The van der Waals surface area contributed by atoms with Gasteiger partial charge in [0.2, 0.25) is 0 Å². The summed E-state index contributed by atoms with van der Waals surface area (Å²) in [7, 11) is 0. The third-order valence-electron chi connectivity index (χ3n) is 1.81. The van der Waals surface area contributed by atoms with Crippen molar-refractivity contribution in [1.82, 2.24) is 0 Å². The molecule has 0 unspecified atom stereocenters. The summed E-state index contributed by atoms with van der Waals surface area (Å²) >= 11 is 0. The number of anilines is 1. The summed E-state index contributed by atoms with van der Waals surface area (Å²) in [5, 5.41) is 8.42. The van der Waals surface area contributed by atoms with E-state index in [2.05, 4.69) is 0 Å². The van der Waals surface area contributed by atoms with E-state index in [0.717, 1.165) is 17.7 Å². The van der Waals surface area contributed by atoms with Gasteiger partial charge in [0.05, 0.1) is 0 Å². The molecule has 0 fully saturated rings. The molecule has 0 heterocycles. The van der Waals surface area contributed by atoms with Crippen molar-refractivity contribution in [3.05, 3.63) is 29.8 Å². The van der Waals surface area contributed by atoms with E-state index in [9.17, 15) is 4.79 Å². The van der Waals surface area contributed by atoms with E-state index in [1.807, 2.05) is 24.3 Å². The van der Waals surface area contributed by atoms with Crippen LogP contribution < -0.4 is 5.73 Å². The molecule has 0 aliphatic rings. The summed E-state index contributed by atoms with van der Waals surface area (Å²) in [6.07, 6.45) is 1.66. The second kappa shape index (κ2) is 6.27. The Morgan fingerprint density at radius 2 is 2.14 bits per heavy atom. The van der Waals surface area contributed by atoms with Gasteiger partial charge in [-0.25, -0.2) is 0 Å². The number of hydrogen-bond acceptors (Lipinski definition) is 2. The number of benzene rings is 1. The van der Waals surface area contributed by atoms with Gasteiger partial charge in [-0.15, -0.1) is 12.4 Å². The number of carbonyl (C=O) groups is 1. The smallest absolute Gasteiger partial charge is 0.303 e. The Labute approximate surface area is 89.3 Å². The molecule has 0 atom stereocenters. The lowest BCUT2D eigenvalue weighted by Gasteiger charge is -2.00. The van der Waals surface area contributed by atoms with E-state index in [1.165, 1.54) is 0 Å². The maximum absolute atomic E-state index is 10.2. The van der Waals surface area contributed by atoms with Crippen LogP contribution in [-0.4, -0.2) is 11.1 Å². The number of halogens is 1. The minimum absolute atomic E-state index is 0. The fourth-order valence-electron chi connectivity index (χ4n) is 1.19. The van der Waals surface area contributed by atoms with Crippen molar-refractivity contribution in [2.24, 2.45) is 0 Å². The lowest BCUT2D eigenvalue weighted by atomic mass is 10.1. The Bertz CT molecular complexity index is 302. The number of nitrogen functional groups attached to an aromatic ring is 1. The molecule has 3 nitrogen and oxygen atoms in total. The highest BCUT2D eigenvalue weighted by atomic mass is 35.5. The van der Waals surface area contributed by atoms with Crippen LogP contribution >= 0.6 is 12.4 Å². The zero-order chi connectivity index (χ0) is 9.68. The van der Waals surface area contributed by atoms with Gasteiger partial charge in [-0.3, -0.25) is 4.79 Å². The van der Waals surface area contributed by atoms with Gasteiger partial charge in [-0.1, -0.05) is 12.1 Å². The molecule has 0 radical (unpaired) electrons. The lowest BCUT2D eigenvalue weighted by Crippen LogP contribution is -1.96. The van der Waals surface area contributed by atoms with Gasteiger partial charge < -0.3 is 10.8 Å². The molecule has 0 bridgehead atoms. The summed E-state index contributed by atoms with van der Waals surface area (Å²) < 4.78 is 0. The van der Waals surface area contributed by atoms with Crippen LogP contribution in [0, 0.1) is 0 Å². The van der Waals surface area contributed by atoms with Crippen molar-refractivity contribution >= 4 is 24.1 Å². The predicted molar refractivity (Wildman–Crippen MR) is 58.7 cm³/mol. The number of carboxylic acid groups (broad SMARTS) is 1. The lowest BCUT2D eigenvalue weighted by molar-refractivity contribution is -0.137. The van der Waals surface area contributed by atoms with Gasteiger partial charge in [0.15, 0.2) is 0 Å². The highest BCUT2D eigenvalue weighted by Crippen LogP contribution is 2.09. The SMILES string of the molecule is Cl.Nc1cccc(CCCC(=O)O)c1. The van der Waals surface area contributed by atoms with E-state index < -0.39 is 5.97 Å². The first kappa shape index (κ1) is 12.8. The molecule has 0 saturated heterocycles. The van der Waals surface area contributed by atoms with Crippen molar-refractivity contribution in [3.63, 3.8) is 0 Å². The molecular formula is C10H14ClNO2. The Hall–Kier alpha value is -1.22. The van der Waals surface area contributed by atoms with Crippen LogP contribution in [-0.2, 0) is 11.2 Å². The fourth-order valence-corrected chi connectivity index (χ4v) is 1.19. The van der Waals surface area contributed by atoms with E-state index in [-0.39, 0.29) is 18.8 Å². The van der Waals surface area contributed by atoms with Gasteiger partial charge in [-0.2, -0.15) is 0 Å². The standard InChI is InChI=1S/C10H13NO2.ClH/c11-9-5-1-3-8(7-9)4-2-6-10(12)13;/h1,3,5,7H,2,4,6,11H2,(H,12,13);1H. The van der Waals surface area contributed by atoms with Crippen LogP contribution in [0.3, 0.4) is 0 Å². The maximum Gasteiger partial charge on any atom is 0.303 e. The Balaban J connectivity index is 0.00000169. The minimum atomic E-state index is -0.746. The largest absolute Gasteiger partial charge is 0.481 e. The molecule has 1 rings (SSSR count). The van der Waals surface area contributed by atoms with Crippen molar-refractivity contribution in [2.45, 2.75) is 19.3 Å². The molecule has 1 aromatic carbocycles. The maximum atomic E-state index is 10.2. The van der Waals surface area contributed by atoms with Gasteiger partial charge in [0.25, 0.3) is 0 Å². The van der Waals surface area contributed by atoms with Crippen LogP contribution in [0.1, 0.15) is 18.4 Å². The molecule has 0 aliphatic heterocycles. The summed E-state index contributed by atoms with van der Waals surface area (Å²) in [4.78, 5) is 10.2. The normalized spacial score (nSPS) is 9.14. The number of carboxylic acids is 1. The molecule has 0 saturated carbocycles. The van der Waals surface area contributed by atoms with Gasteiger partial charge >= 0.3 is 5.97 Å². The summed E-state index contributed by atoms with van der Waals surface area (Å²) in [6.45, 7) is 0. The molecule has 3 N–H and O–H groups in total. The van der Waals surface area contributed by atoms with Gasteiger partial charge in [0.1, 0.15) is 0 Å². The highest BCUT2D eigenvalue weighted by molar-refractivity contribution is 5.85. The van der Waals surface area contributed by atoms with Crippen molar-refractivity contribution in [2.75, 3.05) is 5.73 Å². The third-order valence-corrected chi connectivity index (χ3v) is 1.81. The molecule has 1 aromatic rings. The molecule has 0 aliphatic carbocycles. The van der Waals surface area contributed by atoms with Crippen molar-refractivity contribution in [1.29, 1.82) is 0 Å². The number of nitrogens with two attached hydrogens (primary N) is 1. The molecule has 4 heteroatoms. The number of rotatable bonds is 4. The molecule has 14 heavy (non-hydrogen) atoms. The molecule has 0 amide bonds. The van der Waals surface area contributed by atoms with Gasteiger partial charge in [0, 0.05) is 12.1 Å². The first-order valence-corrected chi connectivity index (χ1v) is 4.24. The number of hydrogen-bond donors (Lipinski definition) is 2. The predicted octanol–water partition coefficient (Wildman–Crippen LogP) is 2.10. The third kappa shape index (κ3) is 4.72. The first-order valence-electron chi connectivity index (χ1n) is 4.24. The quantitative estimate of drug-likeness (QED) is 0.756. The highest BCUT2D eigenvalue weighted by Gasteiger charge is 1.98. The Kier molecular flexibility index (Phi) is 5.72. The average Bonchev–Trinajstić information content (AvgIpc) is 2.03. The van der Waals surface area contributed by atoms with Crippen molar-refractivity contribution < 1.29 is 9.90 Å².